The molecular formula is C13H18N2O3. The minimum Gasteiger partial charge on any atom is -0.480 e. The van der Waals surface area contributed by atoms with Crippen LogP contribution in [0, 0.1) is 6.92 Å². The average Bonchev–Trinajstić information content (AvgIpc) is 2.33. The summed E-state index contributed by atoms with van der Waals surface area (Å²) in [6.45, 7) is 4.21. The maximum atomic E-state index is 11.7. The molecule has 0 fully saturated rings. The van der Waals surface area contributed by atoms with Crippen LogP contribution in [0.25, 0.3) is 0 Å². The van der Waals surface area contributed by atoms with Crippen LogP contribution in [0.4, 0.5) is 4.79 Å². The lowest BCUT2D eigenvalue weighted by Gasteiger charge is -2.19. The monoisotopic (exact) mass is 250 g/mol. The second-order valence-electron chi connectivity index (χ2n) is 4.06. The first-order chi connectivity index (χ1) is 8.52. The van der Waals surface area contributed by atoms with E-state index in [0.717, 1.165) is 11.1 Å². The van der Waals surface area contributed by atoms with Crippen molar-refractivity contribution in [1.82, 2.24) is 10.2 Å². The fraction of sp³-hybridized carbons (Fsp3) is 0.385. The summed E-state index contributed by atoms with van der Waals surface area (Å²) in [5, 5.41) is 11.4. The zero-order valence-electron chi connectivity index (χ0n) is 10.6. The number of hydrogen-bond donors (Lipinski definition) is 2. The Morgan fingerprint density at radius 3 is 2.67 bits per heavy atom. The molecule has 0 unspecified atom stereocenters. The molecule has 0 aliphatic heterocycles. The van der Waals surface area contributed by atoms with E-state index in [4.69, 9.17) is 5.11 Å². The molecule has 0 saturated heterocycles. The first-order valence-electron chi connectivity index (χ1n) is 5.83. The van der Waals surface area contributed by atoms with Crippen LogP contribution >= 0.6 is 0 Å². The number of aryl methyl sites for hydroxylation is 1. The van der Waals surface area contributed by atoms with E-state index in [-0.39, 0.29) is 12.6 Å². The molecule has 0 radical (unpaired) electrons. The number of likely N-dealkylation sites (N-methyl/N-ethyl adjacent to an activating group) is 1. The lowest BCUT2D eigenvalue weighted by Crippen LogP contribution is -2.42. The second-order valence-corrected chi connectivity index (χ2v) is 4.06. The van der Waals surface area contributed by atoms with Crippen molar-refractivity contribution in [3.05, 3.63) is 35.4 Å². The van der Waals surface area contributed by atoms with Crippen LogP contribution in [0.3, 0.4) is 0 Å². The normalized spacial score (nSPS) is 9.89. The Hall–Kier alpha value is -2.04. The standard InChI is InChI=1S/C13H18N2O3/c1-3-15(9-12(16)17)13(18)14-8-11-6-4-5-10(2)7-11/h4-7H,3,8-9H2,1-2H3,(H,14,18)(H,16,17). The Bertz CT molecular complexity index is 432. The highest BCUT2D eigenvalue weighted by atomic mass is 16.4. The minimum absolute atomic E-state index is 0.282. The summed E-state index contributed by atoms with van der Waals surface area (Å²) in [5.74, 6) is -1.01. The molecule has 0 aromatic heterocycles. The van der Waals surface area contributed by atoms with E-state index in [1.54, 1.807) is 6.92 Å². The van der Waals surface area contributed by atoms with Gasteiger partial charge in [-0.15, -0.1) is 0 Å². The summed E-state index contributed by atoms with van der Waals surface area (Å²) in [7, 11) is 0. The van der Waals surface area contributed by atoms with Gasteiger partial charge in [-0.25, -0.2) is 4.79 Å². The molecule has 0 spiro atoms. The number of carboxylic acid groups (broad SMARTS) is 1. The largest absolute Gasteiger partial charge is 0.480 e. The average molecular weight is 250 g/mol. The van der Waals surface area contributed by atoms with E-state index in [1.807, 2.05) is 31.2 Å². The fourth-order valence-electron chi connectivity index (χ4n) is 1.60. The van der Waals surface area contributed by atoms with Gasteiger partial charge in [-0.2, -0.15) is 0 Å². The molecule has 98 valence electrons. The molecule has 2 amide bonds. The van der Waals surface area contributed by atoms with E-state index in [1.165, 1.54) is 4.90 Å². The molecular weight excluding hydrogens is 232 g/mol. The summed E-state index contributed by atoms with van der Waals surface area (Å²) < 4.78 is 0. The Morgan fingerprint density at radius 1 is 1.39 bits per heavy atom. The molecule has 0 aliphatic rings. The van der Waals surface area contributed by atoms with Gasteiger partial charge in [0.1, 0.15) is 6.54 Å². The molecule has 1 aromatic carbocycles. The van der Waals surface area contributed by atoms with Crippen LogP contribution in [0.15, 0.2) is 24.3 Å². The molecule has 0 atom stereocenters. The molecule has 1 rings (SSSR count). The lowest BCUT2D eigenvalue weighted by molar-refractivity contribution is -0.137. The van der Waals surface area contributed by atoms with Gasteiger partial charge in [-0.3, -0.25) is 4.79 Å². The van der Waals surface area contributed by atoms with Crippen molar-refractivity contribution < 1.29 is 14.7 Å². The smallest absolute Gasteiger partial charge is 0.323 e. The molecule has 0 heterocycles. The molecule has 5 nitrogen and oxygen atoms in total. The van der Waals surface area contributed by atoms with E-state index in [0.29, 0.717) is 13.1 Å². The van der Waals surface area contributed by atoms with Crippen molar-refractivity contribution in [2.75, 3.05) is 13.1 Å². The van der Waals surface area contributed by atoms with E-state index in [9.17, 15) is 9.59 Å². The molecule has 0 saturated carbocycles. The van der Waals surface area contributed by atoms with Gasteiger partial charge in [0.2, 0.25) is 0 Å². The number of aliphatic carboxylic acids is 1. The number of nitrogens with zero attached hydrogens (tertiary/aromatic N) is 1. The number of amides is 2. The highest BCUT2D eigenvalue weighted by Crippen LogP contribution is 2.03. The maximum Gasteiger partial charge on any atom is 0.323 e. The predicted octanol–water partition coefficient (Wildman–Crippen LogP) is 1.61. The summed E-state index contributed by atoms with van der Waals surface area (Å²) in [5.41, 5.74) is 2.12. The van der Waals surface area contributed by atoms with Gasteiger partial charge in [0.05, 0.1) is 0 Å². The third-order valence-corrected chi connectivity index (χ3v) is 2.52. The molecule has 18 heavy (non-hydrogen) atoms. The molecule has 0 bridgehead atoms. The maximum absolute atomic E-state index is 11.7. The van der Waals surface area contributed by atoms with Gasteiger partial charge in [-0.1, -0.05) is 29.8 Å². The summed E-state index contributed by atoms with van der Waals surface area (Å²) >= 11 is 0. The summed E-state index contributed by atoms with van der Waals surface area (Å²) in [4.78, 5) is 23.5. The third-order valence-electron chi connectivity index (χ3n) is 2.52. The minimum atomic E-state index is -1.01. The SMILES string of the molecule is CCN(CC(=O)O)C(=O)NCc1cccc(C)c1. The number of urea groups is 1. The highest BCUT2D eigenvalue weighted by Gasteiger charge is 2.13. The molecule has 0 aliphatic carbocycles. The zero-order valence-corrected chi connectivity index (χ0v) is 10.6. The van der Waals surface area contributed by atoms with Crippen LogP contribution in [0.1, 0.15) is 18.1 Å². The van der Waals surface area contributed by atoms with Crippen LogP contribution in [0.2, 0.25) is 0 Å². The van der Waals surface area contributed by atoms with Gasteiger partial charge in [0.15, 0.2) is 0 Å². The predicted molar refractivity (Wildman–Crippen MR) is 68.3 cm³/mol. The van der Waals surface area contributed by atoms with Crippen LogP contribution < -0.4 is 5.32 Å². The van der Waals surface area contributed by atoms with Crippen LogP contribution in [0.5, 0.6) is 0 Å². The highest BCUT2D eigenvalue weighted by molar-refractivity contribution is 5.80. The number of carboxylic acids is 1. The van der Waals surface area contributed by atoms with Crippen molar-refractivity contribution in [3.8, 4) is 0 Å². The quantitative estimate of drug-likeness (QED) is 0.834. The Balaban J connectivity index is 2.51. The van der Waals surface area contributed by atoms with Crippen molar-refractivity contribution in [2.45, 2.75) is 20.4 Å². The van der Waals surface area contributed by atoms with Crippen molar-refractivity contribution in [2.24, 2.45) is 0 Å². The van der Waals surface area contributed by atoms with E-state index < -0.39 is 5.97 Å². The molecule has 2 N–H and O–H groups in total. The number of benzene rings is 1. The first kappa shape index (κ1) is 14.0. The number of nitrogens with one attached hydrogen (secondary N) is 1. The second kappa shape index (κ2) is 6.64. The number of carbonyl (C=O) groups is 2. The lowest BCUT2D eigenvalue weighted by atomic mass is 10.1. The number of hydrogen-bond acceptors (Lipinski definition) is 2. The van der Waals surface area contributed by atoms with E-state index in [2.05, 4.69) is 5.32 Å². The summed E-state index contributed by atoms with van der Waals surface area (Å²) in [6.07, 6.45) is 0. The van der Waals surface area contributed by atoms with Gasteiger partial charge in [0.25, 0.3) is 0 Å². The summed E-state index contributed by atoms with van der Waals surface area (Å²) in [6, 6.07) is 7.44. The first-order valence-corrected chi connectivity index (χ1v) is 5.83. The van der Waals surface area contributed by atoms with Gasteiger partial charge in [0, 0.05) is 13.1 Å². The van der Waals surface area contributed by atoms with Crippen molar-refractivity contribution in [3.63, 3.8) is 0 Å². The molecule has 5 heteroatoms. The Morgan fingerprint density at radius 2 is 2.11 bits per heavy atom. The van der Waals surface area contributed by atoms with Gasteiger partial charge < -0.3 is 15.3 Å². The van der Waals surface area contributed by atoms with Crippen molar-refractivity contribution >= 4 is 12.0 Å². The van der Waals surface area contributed by atoms with Crippen LogP contribution in [-0.2, 0) is 11.3 Å². The fourth-order valence-corrected chi connectivity index (χ4v) is 1.60. The van der Waals surface area contributed by atoms with E-state index >= 15 is 0 Å². The van der Waals surface area contributed by atoms with Gasteiger partial charge in [-0.05, 0) is 19.4 Å². The topological polar surface area (TPSA) is 69.6 Å². The van der Waals surface area contributed by atoms with Crippen LogP contribution in [-0.4, -0.2) is 35.1 Å². The molecule has 1 aromatic rings. The van der Waals surface area contributed by atoms with Gasteiger partial charge >= 0.3 is 12.0 Å². The Labute approximate surface area is 106 Å². The number of rotatable bonds is 5. The Kier molecular flexibility index (Phi) is 5.17. The zero-order chi connectivity index (χ0) is 13.5. The third kappa shape index (κ3) is 4.45. The number of carbonyl (C=O) groups excluding carboxylic acids is 1. The van der Waals surface area contributed by atoms with Crippen molar-refractivity contribution in [1.29, 1.82) is 0 Å².